The van der Waals surface area contributed by atoms with Crippen LogP contribution in [0.3, 0.4) is 0 Å². The highest BCUT2D eigenvalue weighted by molar-refractivity contribution is 5.80. The molecule has 1 aliphatic heterocycles. The Kier molecular flexibility index (Phi) is 5.95. The van der Waals surface area contributed by atoms with Crippen LogP contribution < -0.4 is 11.5 Å². The molecule has 7 nitrogen and oxygen atoms in total. The first-order valence-corrected chi connectivity index (χ1v) is 9.92. The molecule has 156 valence electrons. The average Bonchev–Trinajstić information content (AvgIpc) is 3.08. The second-order valence-electron chi connectivity index (χ2n) is 7.40. The van der Waals surface area contributed by atoms with Crippen molar-refractivity contribution < 1.29 is 13.5 Å². The minimum atomic E-state index is -0.742. The lowest BCUT2D eigenvalue weighted by Crippen LogP contribution is -2.38. The summed E-state index contributed by atoms with van der Waals surface area (Å²) in [6, 6.07) is 11.4. The van der Waals surface area contributed by atoms with Gasteiger partial charge in [0.05, 0.1) is 30.8 Å². The minimum absolute atomic E-state index is 0.157. The van der Waals surface area contributed by atoms with Gasteiger partial charge in [-0.1, -0.05) is 18.2 Å². The van der Waals surface area contributed by atoms with E-state index < -0.39 is 17.6 Å². The number of aromatic nitrogens is 1. The zero-order chi connectivity index (χ0) is 21.1. The fourth-order valence-electron chi connectivity index (χ4n) is 3.69. The van der Waals surface area contributed by atoms with Crippen molar-refractivity contribution in [2.75, 3.05) is 32.8 Å². The van der Waals surface area contributed by atoms with Crippen molar-refractivity contribution in [2.24, 2.45) is 5.73 Å². The van der Waals surface area contributed by atoms with E-state index in [2.05, 4.69) is 4.90 Å². The fraction of sp³-hybridized carbons (Fsp3) is 0.364. The number of fused-ring (bicyclic) bond motifs is 1. The molecule has 1 fully saturated rings. The number of nitriles is 1. The van der Waals surface area contributed by atoms with Gasteiger partial charge in [0, 0.05) is 32.6 Å². The summed E-state index contributed by atoms with van der Waals surface area (Å²) in [5.74, 6) is -0.808. The average molecular weight is 410 g/mol. The molecule has 0 saturated carbocycles. The number of oxazole rings is 1. The van der Waals surface area contributed by atoms with Gasteiger partial charge in [0.2, 0.25) is 0 Å². The van der Waals surface area contributed by atoms with Crippen LogP contribution in [0.15, 0.2) is 45.6 Å². The summed E-state index contributed by atoms with van der Waals surface area (Å²) in [4.78, 5) is 14.6. The molecule has 0 spiro atoms. The Balaban J connectivity index is 1.60. The van der Waals surface area contributed by atoms with Crippen LogP contribution in [0.5, 0.6) is 0 Å². The van der Waals surface area contributed by atoms with Gasteiger partial charge in [0.25, 0.3) is 0 Å². The summed E-state index contributed by atoms with van der Waals surface area (Å²) >= 11 is 0. The lowest BCUT2D eigenvalue weighted by molar-refractivity contribution is 0.0363. The van der Waals surface area contributed by atoms with Gasteiger partial charge in [0.1, 0.15) is 5.82 Å². The second kappa shape index (κ2) is 8.79. The van der Waals surface area contributed by atoms with Gasteiger partial charge in [-0.3, -0.25) is 9.47 Å². The van der Waals surface area contributed by atoms with Crippen molar-refractivity contribution in [2.45, 2.75) is 19.0 Å². The second-order valence-corrected chi connectivity index (χ2v) is 7.40. The summed E-state index contributed by atoms with van der Waals surface area (Å²) in [6.07, 6.45) is 0.157. The number of rotatable bonds is 6. The molecule has 1 aliphatic rings. The minimum Gasteiger partial charge on any atom is -0.408 e. The van der Waals surface area contributed by atoms with Crippen LogP contribution >= 0.6 is 0 Å². The van der Waals surface area contributed by atoms with E-state index in [9.17, 15) is 9.18 Å². The summed E-state index contributed by atoms with van der Waals surface area (Å²) in [6.45, 7) is 4.32. The summed E-state index contributed by atoms with van der Waals surface area (Å²) < 4.78 is 26.9. The van der Waals surface area contributed by atoms with Gasteiger partial charge in [-0.25, -0.2) is 9.18 Å². The van der Waals surface area contributed by atoms with E-state index >= 15 is 0 Å². The lowest BCUT2D eigenvalue weighted by atomic mass is 10.00. The number of nitrogens with two attached hydrogens (primary N) is 1. The number of morpholine rings is 1. The fourth-order valence-corrected chi connectivity index (χ4v) is 3.69. The molecule has 8 heteroatoms. The molecular weight excluding hydrogens is 387 g/mol. The topological polar surface area (TPSA) is 97.4 Å². The number of benzene rings is 2. The van der Waals surface area contributed by atoms with E-state index in [1.165, 1.54) is 6.07 Å². The van der Waals surface area contributed by atoms with Crippen molar-refractivity contribution >= 4 is 11.1 Å². The molecule has 0 radical (unpaired) electrons. The molecule has 0 unspecified atom stereocenters. The number of halogens is 1. The van der Waals surface area contributed by atoms with Gasteiger partial charge < -0.3 is 14.9 Å². The summed E-state index contributed by atoms with van der Waals surface area (Å²) in [5.41, 5.74) is 8.65. The monoisotopic (exact) mass is 410 g/mol. The largest absolute Gasteiger partial charge is 0.419 e. The standard InChI is InChI=1S/C22H23FN4O3/c23-19-12-15(1-2-17(19)11-18(25)14-24)16-3-4-21-20(13-16)27(22(28)30-21)6-5-26-7-9-29-10-8-26/h1-4,12-13,18H,5-11,25H2/t18-/m0/s1. The van der Waals surface area contributed by atoms with Crippen LogP contribution in [0.4, 0.5) is 4.39 Å². The molecular formula is C22H23FN4O3. The molecule has 1 saturated heterocycles. The van der Waals surface area contributed by atoms with Crippen LogP contribution in [0.25, 0.3) is 22.2 Å². The molecule has 0 bridgehead atoms. The maximum Gasteiger partial charge on any atom is 0.419 e. The predicted molar refractivity (Wildman–Crippen MR) is 110 cm³/mol. The van der Waals surface area contributed by atoms with Crippen LogP contribution in [-0.4, -0.2) is 48.4 Å². The van der Waals surface area contributed by atoms with Crippen LogP contribution in [0, 0.1) is 17.1 Å². The third-order valence-corrected chi connectivity index (χ3v) is 5.40. The highest BCUT2D eigenvalue weighted by atomic mass is 19.1. The molecule has 1 aromatic heterocycles. The Morgan fingerprint density at radius 3 is 2.60 bits per heavy atom. The van der Waals surface area contributed by atoms with Gasteiger partial charge in [-0.15, -0.1) is 0 Å². The van der Waals surface area contributed by atoms with E-state index in [1.54, 1.807) is 28.8 Å². The Labute approximate surface area is 173 Å². The van der Waals surface area contributed by atoms with Crippen molar-refractivity contribution in [3.05, 3.63) is 58.3 Å². The van der Waals surface area contributed by atoms with Crippen molar-refractivity contribution in [1.29, 1.82) is 5.26 Å². The van der Waals surface area contributed by atoms with Crippen molar-refractivity contribution in [3.8, 4) is 17.2 Å². The zero-order valence-corrected chi connectivity index (χ0v) is 16.5. The van der Waals surface area contributed by atoms with Gasteiger partial charge >= 0.3 is 5.76 Å². The Morgan fingerprint density at radius 2 is 1.87 bits per heavy atom. The third-order valence-electron chi connectivity index (χ3n) is 5.40. The molecule has 4 rings (SSSR count). The number of hydrogen-bond donors (Lipinski definition) is 1. The molecule has 2 N–H and O–H groups in total. The molecule has 1 atom stereocenters. The van der Waals surface area contributed by atoms with E-state index in [1.807, 2.05) is 12.1 Å². The molecule has 2 heterocycles. The van der Waals surface area contributed by atoms with Gasteiger partial charge in [0.15, 0.2) is 5.58 Å². The van der Waals surface area contributed by atoms with E-state index in [0.717, 1.165) is 25.2 Å². The number of hydrogen-bond acceptors (Lipinski definition) is 6. The van der Waals surface area contributed by atoms with Crippen molar-refractivity contribution in [3.63, 3.8) is 0 Å². The van der Waals surface area contributed by atoms with E-state index in [-0.39, 0.29) is 6.42 Å². The zero-order valence-electron chi connectivity index (χ0n) is 16.5. The summed E-state index contributed by atoms with van der Waals surface area (Å²) in [7, 11) is 0. The highest BCUT2D eigenvalue weighted by Crippen LogP contribution is 2.26. The first-order valence-electron chi connectivity index (χ1n) is 9.92. The number of ether oxygens (including phenoxy) is 1. The maximum atomic E-state index is 14.5. The van der Waals surface area contributed by atoms with Crippen LogP contribution in [0.2, 0.25) is 0 Å². The molecule has 0 amide bonds. The lowest BCUT2D eigenvalue weighted by Gasteiger charge is -2.26. The van der Waals surface area contributed by atoms with E-state index in [4.69, 9.17) is 20.1 Å². The van der Waals surface area contributed by atoms with Crippen LogP contribution in [0.1, 0.15) is 5.56 Å². The smallest absolute Gasteiger partial charge is 0.408 e. The SMILES string of the molecule is N#C[C@@H](N)Cc1ccc(-c2ccc3oc(=O)n(CCN4CCOCC4)c3c2)cc1F. The number of nitrogens with zero attached hydrogens (tertiary/aromatic N) is 3. The predicted octanol–water partition coefficient (Wildman–Crippen LogP) is 2.13. The Bertz CT molecular complexity index is 1140. The van der Waals surface area contributed by atoms with Crippen LogP contribution in [-0.2, 0) is 17.7 Å². The Hall–Kier alpha value is -2.99. The molecule has 30 heavy (non-hydrogen) atoms. The van der Waals surface area contributed by atoms with Gasteiger partial charge in [-0.05, 0) is 34.9 Å². The van der Waals surface area contributed by atoms with E-state index in [0.29, 0.717) is 42.0 Å². The normalized spacial score (nSPS) is 15.9. The Morgan fingerprint density at radius 1 is 1.13 bits per heavy atom. The van der Waals surface area contributed by atoms with Crippen molar-refractivity contribution in [1.82, 2.24) is 9.47 Å². The summed E-state index contributed by atoms with van der Waals surface area (Å²) in [5, 5.41) is 8.83. The molecule has 3 aromatic rings. The molecule has 0 aliphatic carbocycles. The quantitative estimate of drug-likeness (QED) is 0.669. The first-order chi connectivity index (χ1) is 14.5. The highest BCUT2D eigenvalue weighted by Gasteiger charge is 2.15. The van der Waals surface area contributed by atoms with Gasteiger partial charge in [-0.2, -0.15) is 5.26 Å². The third kappa shape index (κ3) is 4.28. The maximum absolute atomic E-state index is 14.5. The molecule has 2 aromatic carbocycles. The first kappa shape index (κ1) is 20.3.